The first kappa shape index (κ1) is 24.2. The minimum atomic E-state index is -4.37. The van der Waals surface area contributed by atoms with E-state index in [1.165, 1.54) is 37.3 Å². The van der Waals surface area contributed by atoms with Gasteiger partial charge in [0.15, 0.2) is 16.9 Å². The number of rotatable bonds is 7. The highest BCUT2D eigenvalue weighted by Gasteiger charge is 2.32. The molecule has 1 atom stereocenters. The molecule has 0 amide bonds. The van der Waals surface area contributed by atoms with E-state index < -0.39 is 29.4 Å². The predicted octanol–water partition coefficient (Wildman–Crippen LogP) is 4.12. The van der Waals surface area contributed by atoms with E-state index in [2.05, 4.69) is 9.97 Å². The number of carboxylic acid groups (broad SMARTS) is 1. The summed E-state index contributed by atoms with van der Waals surface area (Å²) in [6.07, 6.45) is 0.467. The zero-order chi connectivity index (χ0) is 24.7. The number of thiazole rings is 1. The van der Waals surface area contributed by atoms with Crippen molar-refractivity contribution in [3.8, 4) is 10.6 Å². The van der Waals surface area contributed by atoms with E-state index in [9.17, 15) is 23.1 Å². The summed E-state index contributed by atoms with van der Waals surface area (Å²) in [5, 5.41) is 10.6. The first-order valence-electron chi connectivity index (χ1n) is 10.7. The SMILES string of the molecule is Cc1nc(-c2ccc(C(F)(F)F)cc2)sc1CCc1nc2c(o1)=CC(OC(C)(C)C(=O)O)CC=2. The standard InChI is InChI=1S/C24H23F3N2O4S/c1-13-19(34-21(28-13)14-4-6-15(7-5-14)24(25,26)27)10-11-20-29-17-9-8-16(12-18(17)32-20)33-23(2,3)22(30)31/h4-7,9,12,16H,8,10-11H2,1-3H3,(H,30,31). The molecule has 0 fully saturated rings. The monoisotopic (exact) mass is 492 g/mol. The Hall–Kier alpha value is -2.98. The number of hydrogen-bond donors (Lipinski definition) is 1. The zero-order valence-corrected chi connectivity index (χ0v) is 19.6. The molecule has 3 aromatic rings. The van der Waals surface area contributed by atoms with Crippen LogP contribution in [0.3, 0.4) is 0 Å². The van der Waals surface area contributed by atoms with E-state index in [1.807, 2.05) is 13.0 Å². The Kier molecular flexibility index (Phi) is 6.39. The highest BCUT2D eigenvalue weighted by molar-refractivity contribution is 7.15. The maximum Gasteiger partial charge on any atom is 0.416 e. The van der Waals surface area contributed by atoms with E-state index in [-0.39, 0.29) is 0 Å². The van der Waals surface area contributed by atoms with Gasteiger partial charge < -0.3 is 14.3 Å². The number of fused-ring (bicyclic) bond motifs is 1. The largest absolute Gasteiger partial charge is 0.479 e. The number of carboxylic acids is 1. The minimum Gasteiger partial charge on any atom is -0.479 e. The lowest BCUT2D eigenvalue weighted by molar-refractivity contribution is -0.164. The summed E-state index contributed by atoms with van der Waals surface area (Å²) >= 11 is 1.44. The number of nitrogens with zero attached hydrogens (tertiary/aromatic N) is 2. The Morgan fingerprint density at radius 2 is 1.91 bits per heavy atom. The molecular weight excluding hydrogens is 469 g/mol. The highest BCUT2D eigenvalue weighted by atomic mass is 32.1. The van der Waals surface area contributed by atoms with Gasteiger partial charge in [0.05, 0.1) is 17.4 Å². The number of aliphatic carboxylic acids is 1. The van der Waals surface area contributed by atoms with Crippen LogP contribution in [0.25, 0.3) is 22.7 Å². The summed E-state index contributed by atoms with van der Waals surface area (Å²) in [6, 6.07) is 4.99. The first-order chi connectivity index (χ1) is 15.9. The maximum absolute atomic E-state index is 12.8. The van der Waals surface area contributed by atoms with Crippen LogP contribution in [0.15, 0.2) is 28.7 Å². The van der Waals surface area contributed by atoms with Crippen LogP contribution in [0, 0.1) is 6.92 Å². The van der Waals surface area contributed by atoms with Crippen molar-refractivity contribution in [1.82, 2.24) is 9.97 Å². The molecular formula is C24H23F3N2O4S. The van der Waals surface area contributed by atoms with Crippen LogP contribution in [0.4, 0.5) is 13.2 Å². The van der Waals surface area contributed by atoms with Crippen molar-refractivity contribution < 1.29 is 32.2 Å². The Morgan fingerprint density at radius 3 is 2.56 bits per heavy atom. The van der Waals surface area contributed by atoms with Crippen LogP contribution in [0.5, 0.6) is 0 Å². The van der Waals surface area contributed by atoms with Crippen molar-refractivity contribution >= 4 is 29.5 Å². The van der Waals surface area contributed by atoms with Crippen LogP contribution < -0.4 is 10.8 Å². The van der Waals surface area contributed by atoms with E-state index in [1.54, 1.807) is 6.08 Å². The van der Waals surface area contributed by atoms with Gasteiger partial charge >= 0.3 is 12.1 Å². The molecule has 1 aliphatic carbocycles. The van der Waals surface area contributed by atoms with Crippen LogP contribution >= 0.6 is 11.3 Å². The highest BCUT2D eigenvalue weighted by Crippen LogP contribution is 2.33. The second-order valence-electron chi connectivity index (χ2n) is 8.54. The van der Waals surface area contributed by atoms with Gasteiger partial charge in [-0.25, -0.2) is 14.8 Å². The quantitative estimate of drug-likeness (QED) is 0.534. The summed E-state index contributed by atoms with van der Waals surface area (Å²) in [6.45, 7) is 4.87. The molecule has 10 heteroatoms. The molecule has 1 aliphatic rings. The summed E-state index contributed by atoms with van der Waals surface area (Å²) in [7, 11) is 0. The fourth-order valence-corrected chi connectivity index (χ4v) is 4.61. The van der Waals surface area contributed by atoms with Gasteiger partial charge in [-0.3, -0.25) is 0 Å². The smallest absolute Gasteiger partial charge is 0.416 e. The molecule has 0 spiro atoms. The van der Waals surface area contributed by atoms with Crippen molar-refractivity contribution in [1.29, 1.82) is 0 Å². The van der Waals surface area contributed by atoms with E-state index in [4.69, 9.17) is 9.15 Å². The molecule has 6 nitrogen and oxygen atoms in total. The Bertz CT molecular complexity index is 1320. The van der Waals surface area contributed by atoms with Crippen molar-refractivity contribution in [2.24, 2.45) is 0 Å². The minimum absolute atomic E-state index is 0.422. The molecule has 4 rings (SSSR count). The fourth-order valence-electron chi connectivity index (χ4n) is 3.55. The third kappa shape index (κ3) is 5.23. The van der Waals surface area contributed by atoms with Gasteiger partial charge in [0.1, 0.15) is 10.4 Å². The molecule has 0 bridgehead atoms. The topological polar surface area (TPSA) is 85.5 Å². The van der Waals surface area contributed by atoms with Gasteiger partial charge in [0, 0.05) is 16.9 Å². The molecule has 180 valence electrons. The number of halogens is 3. The molecule has 2 aromatic heterocycles. The van der Waals surface area contributed by atoms with Gasteiger partial charge in [-0.05, 0) is 51.8 Å². The molecule has 0 radical (unpaired) electrons. The molecule has 0 saturated carbocycles. The van der Waals surface area contributed by atoms with Crippen LogP contribution in [-0.2, 0) is 28.5 Å². The molecule has 1 N–H and O–H groups in total. The number of alkyl halides is 3. The molecule has 0 aliphatic heterocycles. The van der Waals surface area contributed by atoms with Gasteiger partial charge in [-0.1, -0.05) is 18.2 Å². The molecule has 2 heterocycles. The summed E-state index contributed by atoms with van der Waals surface area (Å²) < 4.78 is 49.9. The number of ether oxygens (including phenoxy) is 1. The average molecular weight is 493 g/mol. The van der Waals surface area contributed by atoms with Crippen LogP contribution in [0.2, 0.25) is 0 Å². The first-order valence-corrected chi connectivity index (χ1v) is 11.5. The summed E-state index contributed by atoms with van der Waals surface area (Å²) in [5.74, 6) is -0.500. The Morgan fingerprint density at radius 1 is 1.21 bits per heavy atom. The fraction of sp³-hybridized carbons (Fsp3) is 0.375. The third-order valence-corrected chi connectivity index (χ3v) is 6.75. The van der Waals surface area contributed by atoms with Gasteiger partial charge in [-0.2, -0.15) is 13.2 Å². The zero-order valence-electron chi connectivity index (χ0n) is 18.8. The van der Waals surface area contributed by atoms with E-state index in [0.717, 1.165) is 22.7 Å². The van der Waals surface area contributed by atoms with Gasteiger partial charge in [0.2, 0.25) is 0 Å². The Balaban J connectivity index is 1.45. The predicted molar refractivity (Wildman–Crippen MR) is 121 cm³/mol. The van der Waals surface area contributed by atoms with Crippen molar-refractivity contribution in [3.05, 3.63) is 57.1 Å². The second kappa shape index (κ2) is 8.99. The molecule has 1 unspecified atom stereocenters. The van der Waals surface area contributed by atoms with Crippen molar-refractivity contribution in [2.75, 3.05) is 0 Å². The number of carbonyl (C=O) groups is 1. The lowest BCUT2D eigenvalue weighted by Crippen LogP contribution is -2.40. The lowest BCUT2D eigenvalue weighted by Gasteiger charge is -2.25. The van der Waals surface area contributed by atoms with Gasteiger partial charge in [-0.15, -0.1) is 11.3 Å². The molecule has 1 aromatic carbocycles. The average Bonchev–Trinajstić information content (AvgIpc) is 3.33. The van der Waals surface area contributed by atoms with Gasteiger partial charge in [0.25, 0.3) is 0 Å². The van der Waals surface area contributed by atoms with Crippen molar-refractivity contribution in [2.45, 2.75) is 57.9 Å². The van der Waals surface area contributed by atoms with Crippen LogP contribution in [-0.4, -0.2) is 32.7 Å². The van der Waals surface area contributed by atoms with E-state index >= 15 is 0 Å². The number of aromatic nitrogens is 2. The number of oxazole rings is 1. The number of benzene rings is 1. The maximum atomic E-state index is 12.8. The second-order valence-corrected chi connectivity index (χ2v) is 9.62. The lowest BCUT2D eigenvalue weighted by atomic mass is 10.1. The molecule has 0 saturated heterocycles. The summed E-state index contributed by atoms with van der Waals surface area (Å²) in [4.78, 5) is 21.3. The third-order valence-electron chi connectivity index (χ3n) is 5.48. The normalized spacial score (nSPS) is 16.0. The van der Waals surface area contributed by atoms with E-state index in [0.29, 0.717) is 46.5 Å². The summed E-state index contributed by atoms with van der Waals surface area (Å²) in [5.41, 5.74) is 0.00516. The number of hydrogen-bond acceptors (Lipinski definition) is 6. The van der Waals surface area contributed by atoms with Crippen LogP contribution in [0.1, 0.15) is 42.3 Å². The molecule has 34 heavy (non-hydrogen) atoms. The Labute approximate surface area is 197 Å². The van der Waals surface area contributed by atoms with Crippen molar-refractivity contribution in [3.63, 3.8) is 0 Å². The number of aryl methyl sites for hydroxylation is 3.